The third-order valence-corrected chi connectivity index (χ3v) is 4.43. The highest BCUT2D eigenvalue weighted by atomic mass is 79.9. The van der Waals surface area contributed by atoms with Crippen molar-refractivity contribution in [3.63, 3.8) is 0 Å². The normalized spacial score (nSPS) is 12.4. The number of rotatable bonds is 5. The Labute approximate surface area is 130 Å². The molecule has 1 unspecified atom stereocenters. The maximum absolute atomic E-state index is 11.2. The summed E-state index contributed by atoms with van der Waals surface area (Å²) in [6.45, 7) is 4.20. The monoisotopic (exact) mass is 354 g/mol. The largest absolute Gasteiger partial charge is 0.372 e. The number of nitrogens with zero attached hydrogens (tertiary/aromatic N) is 1. The SMILES string of the molecule is CC(C)C(Nc1ccc(Br)cc1[N+](=O)[O-])c1cccs1. The van der Waals surface area contributed by atoms with E-state index in [1.54, 1.807) is 23.5 Å². The van der Waals surface area contributed by atoms with Crippen LogP contribution in [-0.4, -0.2) is 4.92 Å². The van der Waals surface area contributed by atoms with E-state index in [-0.39, 0.29) is 16.7 Å². The Morgan fingerprint density at radius 2 is 2.10 bits per heavy atom. The van der Waals surface area contributed by atoms with Crippen LogP contribution >= 0.6 is 27.3 Å². The van der Waals surface area contributed by atoms with Crippen molar-refractivity contribution in [1.82, 2.24) is 0 Å². The Bertz CT molecular complexity index is 599. The van der Waals surface area contributed by atoms with E-state index in [4.69, 9.17) is 0 Å². The highest BCUT2D eigenvalue weighted by Gasteiger charge is 2.21. The third kappa shape index (κ3) is 3.37. The molecule has 0 saturated heterocycles. The van der Waals surface area contributed by atoms with Crippen LogP contribution in [0.1, 0.15) is 24.8 Å². The number of benzene rings is 1. The lowest BCUT2D eigenvalue weighted by molar-refractivity contribution is -0.384. The number of thiophene rings is 1. The first-order valence-electron chi connectivity index (χ1n) is 6.23. The van der Waals surface area contributed by atoms with Gasteiger partial charge in [-0.25, -0.2) is 0 Å². The van der Waals surface area contributed by atoms with Crippen molar-refractivity contribution < 1.29 is 4.92 Å². The van der Waals surface area contributed by atoms with Crippen molar-refractivity contribution in [2.75, 3.05) is 5.32 Å². The van der Waals surface area contributed by atoms with Crippen LogP contribution in [0.2, 0.25) is 0 Å². The van der Waals surface area contributed by atoms with Crippen molar-refractivity contribution in [2.24, 2.45) is 5.92 Å². The number of nitro groups is 1. The van der Waals surface area contributed by atoms with Gasteiger partial charge >= 0.3 is 0 Å². The van der Waals surface area contributed by atoms with Crippen LogP contribution in [0.5, 0.6) is 0 Å². The summed E-state index contributed by atoms with van der Waals surface area (Å²) in [5.41, 5.74) is 0.631. The Morgan fingerprint density at radius 3 is 2.65 bits per heavy atom. The minimum absolute atomic E-state index is 0.0647. The lowest BCUT2D eigenvalue weighted by Crippen LogP contribution is -2.16. The van der Waals surface area contributed by atoms with Gasteiger partial charge in [0.15, 0.2) is 0 Å². The molecule has 0 aliphatic carbocycles. The molecule has 20 heavy (non-hydrogen) atoms. The molecule has 1 atom stereocenters. The van der Waals surface area contributed by atoms with Gasteiger partial charge in [0.25, 0.3) is 5.69 Å². The second kappa shape index (κ2) is 6.37. The summed E-state index contributed by atoms with van der Waals surface area (Å²) in [5.74, 6) is 0.330. The molecule has 0 aliphatic heterocycles. The van der Waals surface area contributed by atoms with Crippen LogP contribution in [0.15, 0.2) is 40.2 Å². The molecule has 0 radical (unpaired) electrons. The lowest BCUT2D eigenvalue weighted by atomic mass is 10.0. The zero-order chi connectivity index (χ0) is 14.7. The van der Waals surface area contributed by atoms with Gasteiger partial charge in [-0.05, 0) is 29.5 Å². The van der Waals surface area contributed by atoms with E-state index in [1.807, 2.05) is 17.5 Å². The van der Waals surface area contributed by atoms with Crippen LogP contribution in [0.25, 0.3) is 0 Å². The summed E-state index contributed by atoms with van der Waals surface area (Å²) in [5, 5.41) is 16.5. The number of nitro benzene ring substituents is 1. The van der Waals surface area contributed by atoms with Gasteiger partial charge in [-0.2, -0.15) is 0 Å². The van der Waals surface area contributed by atoms with Crippen molar-refractivity contribution in [3.8, 4) is 0 Å². The van der Waals surface area contributed by atoms with Gasteiger partial charge in [0.1, 0.15) is 5.69 Å². The highest BCUT2D eigenvalue weighted by molar-refractivity contribution is 9.10. The summed E-state index contributed by atoms with van der Waals surface area (Å²) >= 11 is 4.92. The second-order valence-electron chi connectivity index (χ2n) is 4.80. The molecule has 1 aromatic carbocycles. The van der Waals surface area contributed by atoms with E-state index >= 15 is 0 Å². The first-order valence-corrected chi connectivity index (χ1v) is 7.90. The van der Waals surface area contributed by atoms with Crippen LogP contribution < -0.4 is 5.32 Å². The highest BCUT2D eigenvalue weighted by Crippen LogP contribution is 2.34. The lowest BCUT2D eigenvalue weighted by Gasteiger charge is -2.22. The quantitative estimate of drug-likeness (QED) is 0.590. The smallest absolute Gasteiger partial charge is 0.293 e. The van der Waals surface area contributed by atoms with Gasteiger partial charge < -0.3 is 5.32 Å². The third-order valence-electron chi connectivity index (χ3n) is 2.98. The van der Waals surface area contributed by atoms with E-state index in [0.717, 1.165) is 0 Å². The van der Waals surface area contributed by atoms with Gasteiger partial charge in [0, 0.05) is 15.4 Å². The Hall–Kier alpha value is -1.40. The van der Waals surface area contributed by atoms with Crippen molar-refractivity contribution >= 4 is 38.6 Å². The zero-order valence-electron chi connectivity index (χ0n) is 11.2. The van der Waals surface area contributed by atoms with Gasteiger partial charge in [0.05, 0.1) is 11.0 Å². The Morgan fingerprint density at radius 1 is 1.35 bits per heavy atom. The molecule has 0 spiro atoms. The first kappa shape index (κ1) is 15.0. The molecule has 106 valence electrons. The average molecular weight is 355 g/mol. The van der Waals surface area contributed by atoms with E-state index in [1.165, 1.54) is 10.9 Å². The molecule has 1 N–H and O–H groups in total. The van der Waals surface area contributed by atoms with E-state index < -0.39 is 0 Å². The topological polar surface area (TPSA) is 55.2 Å². The fourth-order valence-electron chi connectivity index (χ4n) is 1.98. The number of hydrogen-bond acceptors (Lipinski definition) is 4. The van der Waals surface area contributed by atoms with Gasteiger partial charge in [-0.15, -0.1) is 11.3 Å². The molecular weight excluding hydrogens is 340 g/mol. The Kier molecular flexibility index (Phi) is 4.77. The first-order chi connectivity index (χ1) is 9.49. The number of hydrogen-bond donors (Lipinski definition) is 1. The predicted molar refractivity (Wildman–Crippen MR) is 86.3 cm³/mol. The molecule has 0 aliphatic rings. The van der Waals surface area contributed by atoms with Crippen molar-refractivity contribution in [1.29, 1.82) is 0 Å². The van der Waals surface area contributed by atoms with Crippen LogP contribution in [0, 0.1) is 16.0 Å². The molecule has 0 fully saturated rings. The molecular formula is C14H15BrN2O2S. The van der Waals surface area contributed by atoms with Crippen molar-refractivity contribution in [2.45, 2.75) is 19.9 Å². The Balaban J connectivity index is 2.34. The summed E-state index contributed by atoms with van der Waals surface area (Å²) in [6.07, 6.45) is 0. The molecule has 1 aromatic heterocycles. The number of anilines is 1. The predicted octanol–water partition coefficient (Wildman–Crippen LogP) is 5.23. The maximum Gasteiger partial charge on any atom is 0.293 e. The zero-order valence-corrected chi connectivity index (χ0v) is 13.6. The minimum Gasteiger partial charge on any atom is -0.372 e. The molecule has 2 aromatic rings. The number of nitrogens with one attached hydrogen (secondary N) is 1. The fourth-order valence-corrected chi connectivity index (χ4v) is 3.28. The molecule has 0 amide bonds. The van der Waals surface area contributed by atoms with Crippen LogP contribution in [0.4, 0.5) is 11.4 Å². The summed E-state index contributed by atoms with van der Waals surface area (Å²) in [4.78, 5) is 12.0. The summed E-state index contributed by atoms with van der Waals surface area (Å²) in [6, 6.07) is 9.18. The molecule has 0 bridgehead atoms. The number of halogens is 1. The van der Waals surface area contributed by atoms with Gasteiger partial charge in [-0.3, -0.25) is 10.1 Å². The molecule has 2 rings (SSSR count). The average Bonchev–Trinajstić information content (AvgIpc) is 2.90. The van der Waals surface area contributed by atoms with Crippen molar-refractivity contribution in [3.05, 3.63) is 55.2 Å². The second-order valence-corrected chi connectivity index (χ2v) is 6.69. The summed E-state index contributed by atoms with van der Waals surface area (Å²) in [7, 11) is 0. The van der Waals surface area contributed by atoms with E-state index in [2.05, 4.69) is 35.1 Å². The van der Waals surface area contributed by atoms with E-state index in [0.29, 0.717) is 16.1 Å². The minimum atomic E-state index is -0.362. The maximum atomic E-state index is 11.2. The van der Waals surface area contributed by atoms with Gasteiger partial charge in [-0.1, -0.05) is 35.8 Å². The molecule has 0 saturated carbocycles. The molecule has 4 nitrogen and oxygen atoms in total. The van der Waals surface area contributed by atoms with Gasteiger partial charge in [0.2, 0.25) is 0 Å². The van der Waals surface area contributed by atoms with Crippen LogP contribution in [0.3, 0.4) is 0 Å². The van der Waals surface area contributed by atoms with E-state index in [9.17, 15) is 10.1 Å². The van der Waals surface area contributed by atoms with Crippen LogP contribution in [-0.2, 0) is 0 Å². The molecule has 1 heterocycles. The fraction of sp³-hybridized carbons (Fsp3) is 0.286. The standard InChI is InChI=1S/C14H15BrN2O2S/c1-9(2)14(13-4-3-7-20-13)16-11-6-5-10(15)8-12(11)17(18)19/h3-9,14,16H,1-2H3. The summed E-state index contributed by atoms with van der Waals surface area (Å²) < 4.78 is 0.701. The molecule has 6 heteroatoms.